The zero-order valence-corrected chi connectivity index (χ0v) is 17.4. The molecule has 32 heavy (non-hydrogen) atoms. The third-order valence-electron chi connectivity index (χ3n) is 5.88. The lowest BCUT2D eigenvalue weighted by Gasteiger charge is -2.34. The number of aromatic carboxylic acids is 1. The molecule has 7 nitrogen and oxygen atoms in total. The third kappa shape index (κ3) is 3.38. The van der Waals surface area contributed by atoms with Gasteiger partial charge in [-0.1, -0.05) is 6.07 Å². The van der Waals surface area contributed by atoms with Gasteiger partial charge in [0.2, 0.25) is 5.43 Å². The number of nitrogens with zero attached hydrogens (tertiary/aromatic N) is 3. The van der Waals surface area contributed by atoms with Gasteiger partial charge in [0.05, 0.1) is 16.7 Å². The van der Waals surface area contributed by atoms with Gasteiger partial charge < -0.3 is 19.9 Å². The number of nitrogens with one attached hydrogen (secondary N) is 1. The van der Waals surface area contributed by atoms with E-state index in [4.69, 9.17) is 0 Å². The SMILES string of the molecule is CC1CN(c2cc3c(cc2F)c(=O)c(C(=O)O)cn3-c2ccc3ncccc3c2)CCN1. The highest BCUT2D eigenvalue weighted by Gasteiger charge is 2.22. The number of aromatic nitrogens is 2. The first-order valence-corrected chi connectivity index (χ1v) is 10.4. The van der Waals surface area contributed by atoms with Crippen molar-refractivity contribution in [1.82, 2.24) is 14.9 Å². The molecule has 1 aliphatic rings. The first kappa shape index (κ1) is 20.1. The van der Waals surface area contributed by atoms with Crippen LogP contribution in [-0.2, 0) is 0 Å². The molecule has 3 heterocycles. The van der Waals surface area contributed by atoms with E-state index >= 15 is 4.39 Å². The Kier molecular flexibility index (Phi) is 4.86. The van der Waals surface area contributed by atoms with Crippen LogP contribution in [0.25, 0.3) is 27.5 Å². The Hall–Kier alpha value is -3.78. The summed E-state index contributed by atoms with van der Waals surface area (Å²) in [5.41, 5.74) is 1.18. The maximum absolute atomic E-state index is 15.1. The molecule has 2 N–H and O–H groups in total. The number of hydrogen-bond donors (Lipinski definition) is 2. The summed E-state index contributed by atoms with van der Waals surface area (Å²) in [4.78, 5) is 30.9. The minimum atomic E-state index is -1.35. The Bertz CT molecular complexity index is 1430. The predicted molar refractivity (Wildman–Crippen MR) is 121 cm³/mol. The smallest absolute Gasteiger partial charge is 0.341 e. The van der Waals surface area contributed by atoms with Crippen LogP contribution in [0.3, 0.4) is 0 Å². The van der Waals surface area contributed by atoms with Crippen LogP contribution in [0.4, 0.5) is 10.1 Å². The molecule has 0 aliphatic carbocycles. The summed E-state index contributed by atoms with van der Waals surface area (Å²) in [6.07, 6.45) is 3.01. The number of fused-ring (bicyclic) bond motifs is 2. The molecule has 4 aromatic rings. The minimum absolute atomic E-state index is 0.0283. The fraction of sp³-hybridized carbons (Fsp3) is 0.208. The van der Waals surface area contributed by atoms with Gasteiger partial charge in [0.25, 0.3) is 0 Å². The molecule has 1 atom stereocenters. The van der Waals surface area contributed by atoms with Gasteiger partial charge in [-0.15, -0.1) is 0 Å². The van der Waals surface area contributed by atoms with Crippen molar-refractivity contribution in [2.75, 3.05) is 24.5 Å². The summed E-state index contributed by atoms with van der Waals surface area (Å²) in [5, 5.41) is 13.8. The summed E-state index contributed by atoms with van der Waals surface area (Å²) in [6, 6.07) is 12.2. The lowest BCUT2D eigenvalue weighted by Crippen LogP contribution is -2.49. The minimum Gasteiger partial charge on any atom is -0.477 e. The second-order valence-electron chi connectivity index (χ2n) is 8.05. The number of carboxylic acid groups (broad SMARTS) is 1. The summed E-state index contributed by atoms with van der Waals surface area (Å²) >= 11 is 0. The highest BCUT2D eigenvalue weighted by Crippen LogP contribution is 2.28. The average Bonchev–Trinajstić information content (AvgIpc) is 2.79. The summed E-state index contributed by atoms with van der Waals surface area (Å²) in [5.74, 6) is -1.89. The monoisotopic (exact) mass is 432 g/mol. The normalized spacial score (nSPS) is 16.6. The van der Waals surface area contributed by atoms with Crippen molar-refractivity contribution in [2.45, 2.75) is 13.0 Å². The van der Waals surface area contributed by atoms with E-state index in [9.17, 15) is 14.7 Å². The van der Waals surface area contributed by atoms with E-state index in [1.807, 2.05) is 36.1 Å². The van der Waals surface area contributed by atoms with Gasteiger partial charge >= 0.3 is 5.97 Å². The summed E-state index contributed by atoms with van der Waals surface area (Å²) < 4.78 is 16.8. The standard InChI is InChI=1S/C24H21FN4O3/c1-14-12-28(8-7-26-14)22-11-21-17(10-19(22)25)23(30)18(24(31)32)13-29(21)16-4-5-20-15(9-16)3-2-6-27-20/h2-6,9-11,13-14,26H,7-8,12H2,1H3,(H,31,32). The van der Waals surface area contributed by atoms with Crippen LogP contribution in [0.1, 0.15) is 17.3 Å². The number of pyridine rings is 2. The van der Waals surface area contributed by atoms with Crippen LogP contribution in [0.5, 0.6) is 0 Å². The van der Waals surface area contributed by atoms with Crippen molar-refractivity contribution < 1.29 is 14.3 Å². The molecule has 1 fully saturated rings. The highest BCUT2D eigenvalue weighted by molar-refractivity contribution is 5.94. The molecule has 0 radical (unpaired) electrons. The Morgan fingerprint density at radius 1 is 1.25 bits per heavy atom. The molecule has 0 amide bonds. The topological polar surface area (TPSA) is 87.5 Å². The molecule has 1 saturated heterocycles. The van der Waals surface area contributed by atoms with Gasteiger partial charge in [-0.3, -0.25) is 9.78 Å². The molecule has 5 rings (SSSR count). The molecule has 0 saturated carbocycles. The number of rotatable bonds is 3. The Morgan fingerprint density at radius 3 is 2.88 bits per heavy atom. The van der Waals surface area contributed by atoms with Crippen molar-refractivity contribution in [3.8, 4) is 5.69 Å². The number of piperazine rings is 1. The second kappa shape index (κ2) is 7.72. The molecule has 162 valence electrons. The van der Waals surface area contributed by atoms with Crippen molar-refractivity contribution in [1.29, 1.82) is 0 Å². The Labute approximate surface area is 182 Å². The molecule has 8 heteroatoms. The number of carbonyl (C=O) groups is 1. The lowest BCUT2D eigenvalue weighted by atomic mass is 10.1. The maximum atomic E-state index is 15.1. The number of hydrogen-bond acceptors (Lipinski definition) is 5. The van der Waals surface area contributed by atoms with Crippen molar-refractivity contribution >= 4 is 33.5 Å². The molecule has 2 aromatic heterocycles. The van der Waals surface area contributed by atoms with Crippen LogP contribution < -0.4 is 15.6 Å². The fourth-order valence-electron chi connectivity index (χ4n) is 4.31. The van der Waals surface area contributed by atoms with Gasteiger partial charge in [-0.05, 0) is 43.3 Å². The van der Waals surface area contributed by atoms with Gasteiger partial charge in [0.1, 0.15) is 11.4 Å². The average molecular weight is 432 g/mol. The Morgan fingerprint density at radius 2 is 2.09 bits per heavy atom. The van der Waals surface area contributed by atoms with E-state index in [1.165, 1.54) is 6.20 Å². The highest BCUT2D eigenvalue weighted by atomic mass is 19.1. The quantitative estimate of drug-likeness (QED) is 0.517. The third-order valence-corrected chi connectivity index (χ3v) is 5.88. The number of carboxylic acids is 1. The molecule has 1 aliphatic heterocycles. The predicted octanol–water partition coefficient (Wildman–Crippen LogP) is 3.17. The lowest BCUT2D eigenvalue weighted by molar-refractivity contribution is 0.0695. The molecule has 0 bridgehead atoms. The molecular formula is C24H21FN4O3. The number of halogens is 1. The van der Waals surface area contributed by atoms with Gasteiger partial charge in [-0.2, -0.15) is 0 Å². The van der Waals surface area contributed by atoms with Crippen molar-refractivity contribution in [3.63, 3.8) is 0 Å². The number of benzene rings is 2. The van der Waals surface area contributed by atoms with E-state index in [-0.39, 0.29) is 11.4 Å². The Balaban J connectivity index is 1.79. The van der Waals surface area contributed by atoms with Gasteiger partial charge in [0.15, 0.2) is 0 Å². The van der Waals surface area contributed by atoms with Gasteiger partial charge in [0, 0.05) is 54.5 Å². The molecule has 0 spiro atoms. The first-order chi connectivity index (χ1) is 15.4. The van der Waals surface area contributed by atoms with Crippen molar-refractivity contribution in [2.24, 2.45) is 0 Å². The zero-order chi connectivity index (χ0) is 22.4. The molecule has 2 aromatic carbocycles. The number of anilines is 1. The van der Waals surface area contributed by atoms with Crippen LogP contribution >= 0.6 is 0 Å². The van der Waals surface area contributed by atoms with E-state index < -0.39 is 22.8 Å². The van der Waals surface area contributed by atoms with Crippen LogP contribution in [0, 0.1) is 5.82 Å². The fourth-order valence-corrected chi connectivity index (χ4v) is 4.31. The second-order valence-corrected chi connectivity index (χ2v) is 8.05. The van der Waals surface area contributed by atoms with E-state index in [0.29, 0.717) is 30.0 Å². The van der Waals surface area contributed by atoms with E-state index in [1.54, 1.807) is 22.9 Å². The largest absolute Gasteiger partial charge is 0.477 e. The first-order valence-electron chi connectivity index (χ1n) is 10.4. The summed E-state index contributed by atoms with van der Waals surface area (Å²) in [6.45, 7) is 4.01. The summed E-state index contributed by atoms with van der Waals surface area (Å²) in [7, 11) is 0. The maximum Gasteiger partial charge on any atom is 0.341 e. The zero-order valence-electron chi connectivity index (χ0n) is 17.4. The van der Waals surface area contributed by atoms with Crippen molar-refractivity contribution in [3.05, 3.63) is 76.5 Å². The van der Waals surface area contributed by atoms with E-state index in [2.05, 4.69) is 10.3 Å². The van der Waals surface area contributed by atoms with E-state index in [0.717, 1.165) is 23.5 Å². The van der Waals surface area contributed by atoms with Crippen LogP contribution in [0.15, 0.2) is 59.7 Å². The van der Waals surface area contributed by atoms with Crippen LogP contribution in [0.2, 0.25) is 0 Å². The molecule has 1 unspecified atom stereocenters. The van der Waals surface area contributed by atoms with Crippen LogP contribution in [-0.4, -0.2) is 46.3 Å². The van der Waals surface area contributed by atoms with Gasteiger partial charge in [-0.25, -0.2) is 9.18 Å². The molecular weight excluding hydrogens is 411 g/mol.